The van der Waals surface area contributed by atoms with E-state index in [-0.39, 0.29) is 11.7 Å². The Morgan fingerprint density at radius 2 is 2.10 bits per heavy atom. The van der Waals surface area contributed by atoms with Gasteiger partial charge in [0.25, 0.3) is 0 Å². The van der Waals surface area contributed by atoms with E-state index in [2.05, 4.69) is 35.6 Å². The molecule has 3 aromatic heterocycles. The van der Waals surface area contributed by atoms with E-state index in [0.717, 1.165) is 10.9 Å². The molecule has 0 spiro atoms. The van der Waals surface area contributed by atoms with Crippen LogP contribution in [-0.2, 0) is 4.79 Å². The number of amides is 1. The molecule has 30 heavy (non-hydrogen) atoms. The van der Waals surface area contributed by atoms with Crippen LogP contribution in [0.3, 0.4) is 0 Å². The molecule has 9 nitrogen and oxygen atoms in total. The van der Waals surface area contributed by atoms with Crippen LogP contribution in [0.15, 0.2) is 60.3 Å². The number of halogens is 1. The molecular weight excluding hydrogens is 424 g/mol. The molecule has 11 heteroatoms. The van der Waals surface area contributed by atoms with Gasteiger partial charge >= 0.3 is 0 Å². The van der Waals surface area contributed by atoms with Crippen molar-refractivity contribution >= 4 is 57.0 Å². The highest BCUT2D eigenvalue weighted by molar-refractivity contribution is 7.99. The fourth-order valence-corrected chi connectivity index (χ4v) is 3.78. The van der Waals surface area contributed by atoms with Gasteiger partial charge in [-0.1, -0.05) is 41.6 Å². The third-order valence-electron chi connectivity index (χ3n) is 4.33. The van der Waals surface area contributed by atoms with Crippen molar-refractivity contribution in [1.82, 2.24) is 34.9 Å². The molecule has 3 heterocycles. The molecule has 5 aromatic rings. The Morgan fingerprint density at radius 3 is 2.97 bits per heavy atom. The lowest BCUT2D eigenvalue weighted by molar-refractivity contribution is -0.113. The summed E-state index contributed by atoms with van der Waals surface area (Å²) in [6.45, 7) is 0. The number of hydrogen-bond donors (Lipinski definition) is 2. The van der Waals surface area contributed by atoms with Crippen LogP contribution in [0, 0.1) is 0 Å². The molecule has 1 amide bonds. The number of para-hydroxylation sites is 1. The lowest BCUT2D eigenvalue weighted by Gasteiger charge is -2.11. The maximum atomic E-state index is 12.5. The minimum Gasteiger partial charge on any atom is -0.338 e. The monoisotopic (exact) mass is 436 g/mol. The summed E-state index contributed by atoms with van der Waals surface area (Å²) in [5, 5.41) is 17.2. The predicted octanol–water partition coefficient (Wildman–Crippen LogP) is 3.47. The van der Waals surface area contributed by atoms with Gasteiger partial charge in [-0.3, -0.25) is 4.79 Å². The SMILES string of the molecule is O=C(CSc1nnc2c(n1)[nH]c1ccccc12)Nc1cc(Cl)ccc1-n1cncn1. The molecule has 0 aliphatic rings. The van der Waals surface area contributed by atoms with E-state index in [1.165, 1.54) is 18.1 Å². The first-order chi connectivity index (χ1) is 14.7. The van der Waals surface area contributed by atoms with Crippen LogP contribution in [0.25, 0.3) is 27.8 Å². The Morgan fingerprint density at radius 1 is 1.20 bits per heavy atom. The fraction of sp³-hybridized carbons (Fsp3) is 0.0526. The first kappa shape index (κ1) is 18.5. The lowest BCUT2D eigenvalue weighted by Crippen LogP contribution is -2.16. The van der Waals surface area contributed by atoms with Crippen molar-refractivity contribution in [1.29, 1.82) is 0 Å². The number of H-pyrrole nitrogens is 1. The van der Waals surface area contributed by atoms with Crippen LogP contribution in [0.5, 0.6) is 0 Å². The summed E-state index contributed by atoms with van der Waals surface area (Å²) in [6.07, 6.45) is 2.96. The van der Waals surface area contributed by atoms with Crippen molar-refractivity contribution in [2.24, 2.45) is 0 Å². The third kappa shape index (κ3) is 3.58. The highest BCUT2D eigenvalue weighted by Gasteiger charge is 2.13. The zero-order chi connectivity index (χ0) is 20.5. The molecular formula is C19H13ClN8OS. The summed E-state index contributed by atoms with van der Waals surface area (Å²) in [4.78, 5) is 24.1. The van der Waals surface area contributed by atoms with Gasteiger partial charge in [0.15, 0.2) is 5.65 Å². The number of rotatable bonds is 5. The summed E-state index contributed by atoms with van der Waals surface area (Å²) >= 11 is 7.29. The summed E-state index contributed by atoms with van der Waals surface area (Å²) in [7, 11) is 0. The Bertz CT molecular complexity index is 1370. The highest BCUT2D eigenvalue weighted by atomic mass is 35.5. The number of fused-ring (bicyclic) bond motifs is 3. The first-order valence-electron chi connectivity index (χ1n) is 8.86. The molecule has 5 rings (SSSR count). The lowest BCUT2D eigenvalue weighted by atomic mass is 10.2. The number of hydrogen-bond acceptors (Lipinski definition) is 7. The van der Waals surface area contributed by atoms with Crippen molar-refractivity contribution in [2.75, 3.05) is 11.1 Å². The standard InChI is InChI=1S/C19H13ClN8OS/c20-11-5-6-15(28-10-21-9-22-28)14(7-11)23-16(29)8-30-19-25-18-17(26-27-19)12-3-1-2-4-13(12)24-18/h1-7,9-10H,8H2,(H,23,29)(H,24,25,27). The average Bonchev–Trinajstić information content (AvgIpc) is 3.40. The molecule has 0 aliphatic heterocycles. The number of aromatic nitrogens is 7. The van der Waals surface area contributed by atoms with Gasteiger partial charge in [0, 0.05) is 15.9 Å². The summed E-state index contributed by atoms with van der Waals surface area (Å²) in [5.74, 6) is -0.125. The first-order valence-corrected chi connectivity index (χ1v) is 10.2. The number of nitrogens with zero attached hydrogens (tertiary/aromatic N) is 6. The molecule has 0 saturated heterocycles. The van der Waals surface area contributed by atoms with E-state index in [4.69, 9.17) is 11.6 Å². The summed E-state index contributed by atoms with van der Waals surface area (Å²) < 4.78 is 1.55. The van der Waals surface area contributed by atoms with Crippen LogP contribution in [0.1, 0.15) is 0 Å². The average molecular weight is 437 g/mol. The van der Waals surface area contributed by atoms with Crippen molar-refractivity contribution in [3.05, 3.63) is 60.1 Å². The normalized spacial score (nSPS) is 11.2. The maximum absolute atomic E-state index is 12.5. The van der Waals surface area contributed by atoms with Crippen LogP contribution < -0.4 is 5.32 Å². The van der Waals surface area contributed by atoms with Crippen molar-refractivity contribution in [3.63, 3.8) is 0 Å². The minimum absolute atomic E-state index is 0.108. The number of thioether (sulfide) groups is 1. The van der Waals surface area contributed by atoms with Gasteiger partial charge in [-0.05, 0) is 24.3 Å². The summed E-state index contributed by atoms with van der Waals surface area (Å²) in [6, 6.07) is 12.9. The van der Waals surface area contributed by atoms with Crippen molar-refractivity contribution in [2.45, 2.75) is 5.16 Å². The molecule has 0 saturated carbocycles. The highest BCUT2D eigenvalue weighted by Crippen LogP contribution is 2.25. The number of aromatic amines is 1. The molecule has 0 bridgehead atoms. The van der Waals surface area contributed by atoms with Crippen LogP contribution in [0.2, 0.25) is 5.02 Å². The van der Waals surface area contributed by atoms with E-state index in [1.54, 1.807) is 29.2 Å². The second kappa shape index (κ2) is 7.73. The smallest absolute Gasteiger partial charge is 0.234 e. The number of carbonyl (C=O) groups is 1. The van der Waals surface area contributed by atoms with E-state index < -0.39 is 0 Å². The molecule has 0 unspecified atom stereocenters. The van der Waals surface area contributed by atoms with Gasteiger partial charge < -0.3 is 10.3 Å². The number of nitrogens with one attached hydrogen (secondary N) is 2. The van der Waals surface area contributed by atoms with E-state index in [9.17, 15) is 4.79 Å². The second-order valence-corrected chi connectivity index (χ2v) is 7.68. The molecule has 0 aliphatic carbocycles. The van der Waals surface area contributed by atoms with Gasteiger partial charge in [0.1, 0.15) is 18.2 Å². The quantitative estimate of drug-likeness (QED) is 0.405. The predicted molar refractivity (Wildman–Crippen MR) is 115 cm³/mol. The Labute approximate surface area is 178 Å². The van der Waals surface area contributed by atoms with Crippen LogP contribution in [0.4, 0.5) is 5.69 Å². The van der Waals surface area contributed by atoms with Crippen LogP contribution >= 0.6 is 23.4 Å². The fourth-order valence-electron chi connectivity index (χ4n) is 3.02. The molecule has 148 valence electrons. The number of benzene rings is 2. The Kier molecular flexibility index (Phi) is 4.77. The van der Waals surface area contributed by atoms with Crippen LogP contribution in [-0.4, -0.2) is 46.6 Å². The molecule has 0 fully saturated rings. The minimum atomic E-state index is -0.232. The molecule has 0 atom stereocenters. The van der Waals surface area contributed by atoms with Gasteiger partial charge in [0.2, 0.25) is 11.1 Å². The molecule has 0 radical (unpaired) electrons. The van der Waals surface area contributed by atoms with Crippen molar-refractivity contribution < 1.29 is 4.79 Å². The van der Waals surface area contributed by atoms with E-state index in [1.807, 2.05) is 24.3 Å². The van der Waals surface area contributed by atoms with Crippen molar-refractivity contribution in [3.8, 4) is 5.69 Å². The Hall–Kier alpha value is -3.50. The molecule has 2 N–H and O–H groups in total. The third-order valence-corrected chi connectivity index (χ3v) is 5.41. The largest absolute Gasteiger partial charge is 0.338 e. The summed E-state index contributed by atoms with van der Waals surface area (Å²) in [5.41, 5.74) is 3.47. The molecule has 2 aromatic carbocycles. The van der Waals surface area contributed by atoms with Gasteiger partial charge in [-0.2, -0.15) is 5.10 Å². The maximum Gasteiger partial charge on any atom is 0.234 e. The number of anilines is 1. The van der Waals surface area contributed by atoms with E-state index >= 15 is 0 Å². The van der Waals surface area contributed by atoms with Gasteiger partial charge in [-0.25, -0.2) is 14.6 Å². The van der Waals surface area contributed by atoms with E-state index in [0.29, 0.717) is 32.7 Å². The topological polar surface area (TPSA) is 114 Å². The zero-order valence-corrected chi connectivity index (χ0v) is 16.9. The van der Waals surface area contributed by atoms with Gasteiger partial charge in [0.05, 0.1) is 17.1 Å². The van der Waals surface area contributed by atoms with Gasteiger partial charge in [-0.15, -0.1) is 10.2 Å². The zero-order valence-electron chi connectivity index (χ0n) is 15.3. The number of carbonyl (C=O) groups excluding carboxylic acids is 1. The Balaban J connectivity index is 1.32. The second-order valence-electron chi connectivity index (χ2n) is 6.30.